The van der Waals surface area contributed by atoms with Crippen LogP contribution in [0.4, 0.5) is 13.2 Å². The van der Waals surface area contributed by atoms with Crippen molar-refractivity contribution in [1.29, 1.82) is 0 Å². The zero-order chi connectivity index (χ0) is 15.9. The van der Waals surface area contributed by atoms with Crippen LogP contribution in [-0.2, 0) is 6.42 Å². The Morgan fingerprint density at radius 2 is 1.95 bits per heavy atom. The Morgan fingerprint density at radius 1 is 1.29 bits per heavy atom. The number of hydrogen-bond acceptors (Lipinski definition) is 1. The Kier molecular flexibility index (Phi) is 7.31. The fraction of sp³-hybridized carbons (Fsp3) is 0.462. The summed E-state index contributed by atoms with van der Waals surface area (Å²) >= 11 is 9.33. The predicted molar refractivity (Wildman–Crippen MR) is 82.9 cm³/mol. The molecule has 1 aromatic carbocycles. The first-order valence-electron chi connectivity index (χ1n) is 6.27. The standard InChI is InChI=1S/C13H16BrClF3N3/c1-19-12(21-7-5-13(16,17)18)20-6-4-9-8-10(15)2-3-11(9)14/h2-3,8H,4-7H2,1H3,(H2,19,20,21). The summed E-state index contributed by atoms with van der Waals surface area (Å²) in [4.78, 5) is 3.87. The van der Waals surface area contributed by atoms with Crippen molar-refractivity contribution in [3.63, 3.8) is 0 Å². The fourth-order valence-electron chi connectivity index (χ4n) is 1.59. The molecular formula is C13H16BrClF3N3. The van der Waals surface area contributed by atoms with Crippen molar-refractivity contribution in [3.05, 3.63) is 33.3 Å². The molecule has 0 saturated carbocycles. The molecule has 0 aliphatic heterocycles. The number of alkyl halides is 3. The number of guanidine groups is 1. The van der Waals surface area contributed by atoms with Gasteiger partial charge in [0.05, 0.1) is 6.42 Å². The summed E-state index contributed by atoms with van der Waals surface area (Å²) < 4.78 is 37.1. The molecule has 0 heterocycles. The monoisotopic (exact) mass is 385 g/mol. The van der Waals surface area contributed by atoms with Gasteiger partial charge in [0, 0.05) is 29.6 Å². The average Bonchev–Trinajstić information content (AvgIpc) is 2.39. The summed E-state index contributed by atoms with van der Waals surface area (Å²) in [7, 11) is 1.51. The highest BCUT2D eigenvalue weighted by Crippen LogP contribution is 2.21. The van der Waals surface area contributed by atoms with Gasteiger partial charge in [0.2, 0.25) is 0 Å². The summed E-state index contributed by atoms with van der Waals surface area (Å²) in [6, 6.07) is 5.47. The van der Waals surface area contributed by atoms with Gasteiger partial charge in [-0.2, -0.15) is 13.2 Å². The quantitative estimate of drug-likeness (QED) is 0.597. The zero-order valence-corrected chi connectivity index (χ0v) is 13.7. The highest BCUT2D eigenvalue weighted by molar-refractivity contribution is 9.10. The van der Waals surface area contributed by atoms with E-state index in [1.54, 1.807) is 6.07 Å². The molecule has 8 heteroatoms. The molecule has 0 aliphatic carbocycles. The first-order valence-corrected chi connectivity index (χ1v) is 7.44. The van der Waals surface area contributed by atoms with Crippen molar-refractivity contribution < 1.29 is 13.2 Å². The average molecular weight is 387 g/mol. The lowest BCUT2D eigenvalue weighted by Gasteiger charge is -2.13. The van der Waals surface area contributed by atoms with Gasteiger partial charge in [-0.1, -0.05) is 27.5 Å². The van der Waals surface area contributed by atoms with E-state index in [2.05, 4.69) is 31.6 Å². The van der Waals surface area contributed by atoms with E-state index in [4.69, 9.17) is 11.6 Å². The lowest BCUT2D eigenvalue weighted by atomic mass is 10.1. The minimum Gasteiger partial charge on any atom is -0.356 e. The maximum atomic E-state index is 12.0. The SMILES string of the molecule is CN=C(NCCc1cc(Cl)ccc1Br)NCCC(F)(F)F. The van der Waals surface area contributed by atoms with Crippen molar-refractivity contribution in [2.24, 2.45) is 4.99 Å². The Labute approximate surface area is 135 Å². The molecule has 0 amide bonds. The minimum atomic E-state index is -4.17. The predicted octanol–water partition coefficient (Wildman–Crippen LogP) is 3.76. The van der Waals surface area contributed by atoms with E-state index in [-0.39, 0.29) is 6.54 Å². The van der Waals surface area contributed by atoms with E-state index < -0.39 is 12.6 Å². The summed E-state index contributed by atoms with van der Waals surface area (Å²) in [6.45, 7) is 0.328. The Hall–Kier alpha value is -0.950. The van der Waals surface area contributed by atoms with Crippen molar-refractivity contribution in [2.75, 3.05) is 20.1 Å². The number of halogens is 5. The van der Waals surface area contributed by atoms with E-state index in [9.17, 15) is 13.2 Å². The molecule has 3 nitrogen and oxygen atoms in total. The first kappa shape index (κ1) is 18.1. The van der Waals surface area contributed by atoms with Gasteiger partial charge >= 0.3 is 6.18 Å². The van der Waals surface area contributed by atoms with Gasteiger partial charge in [-0.25, -0.2) is 0 Å². The molecular weight excluding hydrogens is 371 g/mol. The second-order valence-corrected chi connectivity index (χ2v) is 5.57. The molecule has 118 valence electrons. The molecule has 0 aliphatic rings. The van der Waals surface area contributed by atoms with E-state index >= 15 is 0 Å². The van der Waals surface area contributed by atoms with Crippen LogP contribution in [-0.4, -0.2) is 32.3 Å². The van der Waals surface area contributed by atoms with Crippen LogP contribution in [0, 0.1) is 0 Å². The van der Waals surface area contributed by atoms with Crippen LogP contribution < -0.4 is 10.6 Å². The molecule has 1 aromatic rings. The molecule has 0 aromatic heterocycles. The number of benzene rings is 1. The smallest absolute Gasteiger partial charge is 0.356 e. The van der Waals surface area contributed by atoms with Gasteiger partial charge in [0.1, 0.15) is 0 Å². The van der Waals surface area contributed by atoms with Gasteiger partial charge in [0.15, 0.2) is 5.96 Å². The highest BCUT2D eigenvalue weighted by Gasteiger charge is 2.26. The van der Waals surface area contributed by atoms with Gasteiger partial charge < -0.3 is 10.6 Å². The molecule has 0 radical (unpaired) electrons. The summed E-state index contributed by atoms with van der Waals surface area (Å²) in [5.74, 6) is 0.345. The summed E-state index contributed by atoms with van der Waals surface area (Å²) in [5, 5.41) is 6.22. The highest BCUT2D eigenvalue weighted by atomic mass is 79.9. The van der Waals surface area contributed by atoms with Gasteiger partial charge in [-0.05, 0) is 30.2 Å². The Bertz CT molecular complexity index is 492. The second kappa shape index (κ2) is 8.48. The van der Waals surface area contributed by atoms with Gasteiger partial charge in [0.25, 0.3) is 0 Å². The molecule has 21 heavy (non-hydrogen) atoms. The number of rotatable bonds is 5. The third kappa shape index (κ3) is 7.57. The lowest BCUT2D eigenvalue weighted by Crippen LogP contribution is -2.39. The van der Waals surface area contributed by atoms with Crippen LogP contribution >= 0.6 is 27.5 Å². The maximum Gasteiger partial charge on any atom is 0.390 e. The van der Waals surface area contributed by atoms with Crippen molar-refractivity contribution in [2.45, 2.75) is 19.0 Å². The van der Waals surface area contributed by atoms with E-state index in [0.29, 0.717) is 23.9 Å². The van der Waals surface area contributed by atoms with E-state index in [0.717, 1.165) is 10.0 Å². The van der Waals surface area contributed by atoms with Gasteiger partial charge in [-0.3, -0.25) is 4.99 Å². The van der Waals surface area contributed by atoms with E-state index in [1.165, 1.54) is 7.05 Å². The summed E-state index contributed by atoms with van der Waals surface area (Å²) in [5.41, 5.74) is 1.01. The molecule has 0 atom stereocenters. The lowest BCUT2D eigenvalue weighted by molar-refractivity contribution is -0.132. The molecule has 1 rings (SSSR count). The van der Waals surface area contributed by atoms with Crippen LogP contribution in [0.15, 0.2) is 27.7 Å². The van der Waals surface area contributed by atoms with Crippen LogP contribution in [0.1, 0.15) is 12.0 Å². The van der Waals surface area contributed by atoms with Gasteiger partial charge in [-0.15, -0.1) is 0 Å². The fourth-order valence-corrected chi connectivity index (χ4v) is 2.23. The van der Waals surface area contributed by atoms with E-state index in [1.807, 2.05) is 12.1 Å². The normalized spacial score (nSPS) is 12.4. The number of hydrogen-bond donors (Lipinski definition) is 2. The number of nitrogens with one attached hydrogen (secondary N) is 2. The first-order chi connectivity index (χ1) is 9.81. The topological polar surface area (TPSA) is 36.4 Å². The Morgan fingerprint density at radius 3 is 2.57 bits per heavy atom. The van der Waals surface area contributed by atoms with Crippen LogP contribution in [0.2, 0.25) is 5.02 Å². The molecule has 0 saturated heterocycles. The minimum absolute atomic E-state index is 0.204. The molecule has 0 fully saturated rings. The second-order valence-electron chi connectivity index (χ2n) is 4.28. The zero-order valence-electron chi connectivity index (χ0n) is 11.4. The number of nitrogens with zero attached hydrogens (tertiary/aromatic N) is 1. The third-order valence-corrected chi connectivity index (χ3v) is 3.63. The number of aliphatic imine (C=N–C) groups is 1. The largest absolute Gasteiger partial charge is 0.390 e. The molecule has 0 bridgehead atoms. The van der Waals surface area contributed by atoms with Crippen molar-refractivity contribution in [1.82, 2.24) is 10.6 Å². The molecule has 0 spiro atoms. The van der Waals surface area contributed by atoms with Crippen molar-refractivity contribution in [3.8, 4) is 0 Å². The van der Waals surface area contributed by atoms with Crippen LogP contribution in [0.5, 0.6) is 0 Å². The third-order valence-electron chi connectivity index (χ3n) is 2.62. The van der Waals surface area contributed by atoms with Crippen LogP contribution in [0.25, 0.3) is 0 Å². The van der Waals surface area contributed by atoms with Crippen molar-refractivity contribution >= 4 is 33.5 Å². The Balaban J connectivity index is 2.37. The maximum absolute atomic E-state index is 12.0. The molecule has 2 N–H and O–H groups in total. The summed E-state index contributed by atoms with van der Waals surface area (Å²) in [6.07, 6.45) is -4.40. The molecule has 0 unspecified atom stereocenters. The van der Waals surface area contributed by atoms with Crippen LogP contribution in [0.3, 0.4) is 0 Å².